The van der Waals surface area contributed by atoms with Crippen molar-refractivity contribution < 1.29 is 4.42 Å². The van der Waals surface area contributed by atoms with Gasteiger partial charge < -0.3 is 4.42 Å². The molecular weight excluding hydrogens is 328 g/mol. The molecule has 132 valence electrons. The molecule has 25 heavy (non-hydrogen) atoms. The number of benzene rings is 1. The highest BCUT2D eigenvalue weighted by atomic mass is 32.2. The van der Waals surface area contributed by atoms with Crippen LogP contribution in [0.2, 0.25) is 0 Å². The van der Waals surface area contributed by atoms with Gasteiger partial charge in [-0.05, 0) is 82.3 Å². The fourth-order valence-corrected chi connectivity index (χ4v) is 7.75. The summed E-state index contributed by atoms with van der Waals surface area (Å²) in [6, 6.07) is 8.30. The second-order valence-corrected chi connectivity index (χ2v) is 10.5. The van der Waals surface area contributed by atoms with Gasteiger partial charge in [0.25, 0.3) is 0 Å². The summed E-state index contributed by atoms with van der Waals surface area (Å²) in [5, 5.41) is 8.96. The SMILES string of the molecule is Cc1ccc(-c2nnc([C@@H](C)SC34CC5CC(CC(C5)C3)C4)o2)cc1. The number of hydrogen-bond donors (Lipinski definition) is 0. The molecule has 1 heterocycles. The van der Waals surface area contributed by atoms with E-state index >= 15 is 0 Å². The third-order valence-corrected chi connectivity index (χ3v) is 8.05. The molecule has 4 fully saturated rings. The summed E-state index contributed by atoms with van der Waals surface area (Å²) in [6.07, 6.45) is 8.71. The van der Waals surface area contributed by atoms with E-state index in [2.05, 4.69) is 60.1 Å². The van der Waals surface area contributed by atoms with E-state index < -0.39 is 0 Å². The van der Waals surface area contributed by atoms with E-state index in [0.717, 1.165) is 29.2 Å². The molecule has 0 unspecified atom stereocenters. The molecule has 2 aromatic rings. The Labute approximate surface area is 154 Å². The number of rotatable bonds is 4. The zero-order valence-corrected chi connectivity index (χ0v) is 15.9. The Morgan fingerprint density at radius 1 is 1.00 bits per heavy atom. The zero-order chi connectivity index (χ0) is 17.0. The second-order valence-electron chi connectivity index (χ2n) is 8.67. The molecule has 0 N–H and O–H groups in total. The van der Waals surface area contributed by atoms with Crippen molar-refractivity contribution >= 4 is 11.8 Å². The lowest BCUT2D eigenvalue weighted by Gasteiger charge is -2.56. The van der Waals surface area contributed by atoms with Crippen LogP contribution in [-0.2, 0) is 0 Å². The molecule has 1 atom stereocenters. The van der Waals surface area contributed by atoms with Crippen molar-refractivity contribution in [3.05, 3.63) is 35.7 Å². The zero-order valence-electron chi connectivity index (χ0n) is 15.1. The Morgan fingerprint density at radius 2 is 1.60 bits per heavy atom. The molecule has 0 saturated heterocycles. The highest BCUT2D eigenvalue weighted by molar-refractivity contribution is 8.00. The maximum absolute atomic E-state index is 6.04. The molecular formula is C21H26N2OS. The van der Waals surface area contributed by atoms with Crippen molar-refractivity contribution in [1.29, 1.82) is 0 Å². The fourth-order valence-electron chi connectivity index (χ4n) is 5.81. The molecule has 6 rings (SSSR count). The van der Waals surface area contributed by atoms with E-state index in [1.807, 2.05) is 0 Å². The van der Waals surface area contributed by atoms with Gasteiger partial charge in [-0.1, -0.05) is 17.7 Å². The predicted octanol–water partition coefficient (Wildman–Crippen LogP) is 5.81. The van der Waals surface area contributed by atoms with Crippen LogP contribution >= 0.6 is 11.8 Å². The normalized spacial score (nSPS) is 34.4. The second kappa shape index (κ2) is 5.87. The first-order valence-electron chi connectivity index (χ1n) is 9.67. The molecule has 1 aromatic heterocycles. The third kappa shape index (κ3) is 2.92. The van der Waals surface area contributed by atoms with Gasteiger partial charge in [-0.15, -0.1) is 22.0 Å². The Bertz CT molecular complexity index is 731. The van der Waals surface area contributed by atoms with Gasteiger partial charge in [-0.3, -0.25) is 0 Å². The number of hydrogen-bond acceptors (Lipinski definition) is 4. The van der Waals surface area contributed by atoms with Gasteiger partial charge in [-0.25, -0.2) is 0 Å². The van der Waals surface area contributed by atoms with E-state index in [9.17, 15) is 0 Å². The molecule has 0 amide bonds. The Hall–Kier alpha value is -1.29. The topological polar surface area (TPSA) is 38.9 Å². The van der Waals surface area contributed by atoms with Gasteiger partial charge in [0.15, 0.2) is 0 Å². The van der Waals surface area contributed by atoms with E-state index in [1.165, 1.54) is 44.1 Å². The molecule has 4 saturated carbocycles. The Kier molecular flexibility index (Phi) is 3.74. The largest absolute Gasteiger partial charge is 0.420 e. The quantitative estimate of drug-likeness (QED) is 0.695. The molecule has 0 radical (unpaired) electrons. The third-order valence-electron chi connectivity index (χ3n) is 6.50. The lowest BCUT2D eigenvalue weighted by Crippen LogP contribution is -2.48. The van der Waals surface area contributed by atoms with Crippen molar-refractivity contribution in [2.24, 2.45) is 17.8 Å². The molecule has 4 heteroatoms. The van der Waals surface area contributed by atoms with Crippen molar-refractivity contribution in [3.8, 4) is 11.5 Å². The summed E-state index contributed by atoms with van der Waals surface area (Å²) >= 11 is 2.12. The van der Waals surface area contributed by atoms with Gasteiger partial charge in [-0.2, -0.15) is 0 Å². The standard InChI is InChI=1S/C21H26N2OS/c1-13-3-5-18(6-4-13)20-23-22-19(24-20)14(2)25-21-10-15-7-16(11-21)9-17(8-15)12-21/h3-6,14-17H,7-12H2,1-2H3/t14-,15?,16?,17?,21?/m1/s1. The minimum absolute atomic E-state index is 0.281. The maximum atomic E-state index is 6.04. The van der Waals surface area contributed by atoms with Crippen LogP contribution in [0.1, 0.15) is 62.2 Å². The average Bonchev–Trinajstić information content (AvgIpc) is 3.04. The van der Waals surface area contributed by atoms with Crippen LogP contribution in [0.4, 0.5) is 0 Å². The van der Waals surface area contributed by atoms with Crippen molar-refractivity contribution in [2.45, 2.75) is 62.4 Å². The first kappa shape index (κ1) is 15.9. The first-order valence-corrected chi connectivity index (χ1v) is 10.5. The number of aryl methyl sites for hydroxylation is 1. The highest BCUT2D eigenvalue weighted by Crippen LogP contribution is 2.62. The van der Waals surface area contributed by atoms with Gasteiger partial charge in [0.05, 0.1) is 5.25 Å². The minimum atomic E-state index is 0.281. The lowest BCUT2D eigenvalue weighted by molar-refractivity contribution is 0.0380. The summed E-state index contributed by atoms with van der Waals surface area (Å²) in [7, 11) is 0. The Morgan fingerprint density at radius 3 is 2.20 bits per heavy atom. The van der Waals surface area contributed by atoms with Crippen LogP contribution in [0.25, 0.3) is 11.5 Å². The van der Waals surface area contributed by atoms with E-state index in [1.54, 1.807) is 0 Å². The van der Waals surface area contributed by atoms with Gasteiger partial charge in [0.2, 0.25) is 11.8 Å². The molecule has 1 aromatic carbocycles. The van der Waals surface area contributed by atoms with Gasteiger partial charge >= 0.3 is 0 Å². The molecule has 4 aliphatic rings. The summed E-state index contributed by atoms with van der Waals surface area (Å²) in [5.74, 6) is 4.38. The average molecular weight is 355 g/mol. The van der Waals surface area contributed by atoms with Gasteiger partial charge in [0, 0.05) is 10.3 Å². The minimum Gasteiger partial charge on any atom is -0.420 e. The molecule has 4 bridgehead atoms. The van der Waals surface area contributed by atoms with Gasteiger partial charge in [0.1, 0.15) is 0 Å². The van der Waals surface area contributed by atoms with E-state index in [-0.39, 0.29) is 5.25 Å². The maximum Gasteiger partial charge on any atom is 0.247 e. The van der Waals surface area contributed by atoms with E-state index in [4.69, 9.17) is 4.42 Å². The smallest absolute Gasteiger partial charge is 0.247 e. The fraction of sp³-hybridized carbons (Fsp3) is 0.619. The highest BCUT2D eigenvalue weighted by Gasteiger charge is 2.52. The summed E-state index contributed by atoms with van der Waals surface area (Å²) in [6.45, 7) is 4.34. The predicted molar refractivity (Wildman–Crippen MR) is 101 cm³/mol. The number of nitrogens with zero attached hydrogens (tertiary/aromatic N) is 2. The number of aromatic nitrogens is 2. The van der Waals surface area contributed by atoms with Crippen LogP contribution < -0.4 is 0 Å². The van der Waals surface area contributed by atoms with Crippen molar-refractivity contribution in [1.82, 2.24) is 10.2 Å². The summed E-state index contributed by atoms with van der Waals surface area (Å²) < 4.78 is 6.52. The van der Waals surface area contributed by atoms with E-state index in [0.29, 0.717) is 10.6 Å². The van der Waals surface area contributed by atoms with Crippen molar-refractivity contribution in [3.63, 3.8) is 0 Å². The molecule has 0 aliphatic heterocycles. The Balaban J connectivity index is 1.33. The molecule has 0 spiro atoms. The summed E-state index contributed by atoms with van der Waals surface area (Å²) in [5.41, 5.74) is 2.26. The number of thioether (sulfide) groups is 1. The van der Waals surface area contributed by atoms with Crippen LogP contribution in [0.3, 0.4) is 0 Å². The molecule has 4 aliphatic carbocycles. The van der Waals surface area contributed by atoms with Crippen LogP contribution in [0, 0.1) is 24.7 Å². The van der Waals surface area contributed by atoms with Crippen molar-refractivity contribution in [2.75, 3.05) is 0 Å². The van der Waals surface area contributed by atoms with Crippen LogP contribution in [0.15, 0.2) is 28.7 Å². The first-order chi connectivity index (χ1) is 12.1. The lowest BCUT2D eigenvalue weighted by atomic mass is 9.56. The molecule has 3 nitrogen and oxygen atoms in total. The monoisotopic (exact) mass is 354 g/mol. The van der Waals surface area contributed by atoms with Crippen LogP contribution in [-0.4, -0.2) is 14.9 Å². The summed E-state index contributed by atoms with van der Waals surface area (Å²) in [4.78, 5) is 0. The van der Waals surface area contributed by atoms with Crippen LogP contribution in [0.5, 0.6) is 0 Å².